The van der Waals surface area contributed by atoms with E-state index in [1.54, 1.807) is 0 Å². The Morgan fingerprint density at radius 2 is 2.06 bits per heavy atom. The van der Waals surface area contributed by atoms with Crippen LogP contribution in [0.15, 0.2) is 27.4 Å². The number of benzene rings is 1. The SMILES string of the molecule is CCCc1cc(=O)c2ccc(F)c(F)c2o1. The number of fused-ring (bicyclic) bond motifs is 1. The highest BCUT2D eigenvalue weighted by Gasteiger charge is 2.12. The average molecular weight is 224 g/mol. The van der Waals surface area contributed by atoms with Gasteiger partial charge >= 0.3 is 0 Å². The Morgan fingerprint density at radius 3 is 2.75 bits per heavy atom. The minimum absolute atomic E-state index is 0.0683. The van der Waals surface area contributed by atoms with Gasteiger partial charge in [-0.2, -0.15) is 4.39 Å². The molecular formula is C12H10F2O2. The van der Waals surface area contributed by atoms with Gasteiger partial charge in [0.05, 0.1) is 5.39 Å². The van der Waals surface area contributed by atoms with Crippen molar-refractivity contribution in [2.45, 2.75) is 19.8 Å². The molecule has 0 bridgehead atoms. The number of hydrogen-bond acceptors (Lipinski definition) is 2. The molecular weight excluding hydrogens is 214 g/mol. The van der Waals surface area contributed by atoms with Crippen molar-refractivity contribution in [1.82, 2.24) is 0 Å². The summed E-state index contributed by atoms with van der Waals surface area (Å²) in [5, 5.41) is 0.0683. The summed E-state index contributed by atoms with van der Waals surface area (Å²) in [7, 11) is 0. The van der Waals surface area contributed by atoms with Crippen LogP contribution in [0.1, 0.15) is 19.1 Å². The zero-order valence-corrected chi connectivity index (χ0v) is 8.72. The fourth-order valence-electron chi connectivity index (χ4n) is 1.58. The van der Waals surface area contributed by atoms with E-state index in [0.717, 1.165) is 12.5 Å². The van der Waals surface area contributed by atoms with Gasteiger partial charge in [0.2, 0.25) is 5.82 Å². The standard InChI is InChI=1S/C12H10F2O2/c1-2-3-7-6-10(15)8-4-5-9(13)11(14)12(8)16-7/h4-6H,2-3H2,1H3. The molecule has 0 radical (unpaired) electrons. The van der Waals surface area contributed by atoms with Gasteiger partial charge in [0.1, 0.15) is 5.76 Å². The van der Waals surface area contributed by atoms with E-state index in [9.17, 15) is 13.6 Å². The first-order chi connectivity index (χ1) is 7.63. The van der Waals surface area contributed by atoms with Gasteiger partial charge in [-0.15, -0.1) is 0 Å². The molecule has 1 heterocycles. The quantitative estimate of drug-likeness (QED) is 0.784. The van der Waals surface area contributed by atoms with E-state index in [0.29, 0.717) is 12.2 Å². The van der Waals surface area contributed by atoms with Gasteiger partial charge in [0.25, 0.3) is 0 Å². The number of rotatable bonds is 2. The van der Waals surface area contributed by atoms with Crippen molar-refractivity contribution < 1.29 is 13.2 Å². The van der Waals surface area contributed by atoms with Crippen LogP contribution >= 0.6 is 0 Å². The minimum atomic E-state index is -1.10. The van der Waals surface area contributed by atoms with Crippen LogP contribution in [-0.2, 0) is 6.42 Å². The molecule has 4 heteroatoms. The molecule has 2 rings (SSSR count). The third kappa shape index (κ3) is 1.71. The van der Waals surface area contributed by atoms with Crippen molar-refractivity contribution >= 4 is 11.0 Å². The number of hydrogen-bond donors (Lipinski definition) is 0. The van der Waals surface area contributed by atoms with E-state index in [1.807, 2.05) is 6.92 Å². The lowest BCUT2D eigenvalue weighted by Gasteiger charge is -2.02. The molecule has 16 heavy (non-hydrogen) atoms. The Morgan fingerprint density at radius 1 is 1.31 bits per heavy atom. The lowest BCUT2D eigenvalue weighted by Crippen LogP contribution is -2.04. The lowest BCUT2D eigenvalue weighted by molar-refractivity contribution is 0.470. The fourth-order valence-corrected chi connectivity index (χ4v) is 1.58. The van der Waals surface area contributed by atoms with Crippen LogP contribution in [0, 0.1) is 11.6 Å². The molecule has 0 aliphatic rings. The van der Waals surface area contributed by atoms with Crippen LogP contribution in [0.5, 0.6) is 0 Å². The summed E-state index contributed by atoms with van der Waals surface area (Å²) in [6.07, 6.45) is 1.30. The van der Waals surface area contributed by atoms with Gasteiger partial charge in [-0.3, -0.25) is 4.79 Å². The smallest absolute Gasteiger partial charge is 0.202 e. The fraction of sp³-hybridized carbons (Fsp3) is 0.250. The summed E-state index contributed by atoms with van der Waals surface area (Å²) >= 11 is 0. The molecule has 2 aromatic rings. The maximum absolute atomic E-state index is 13.4. The Labute approximate surface area is 90.5 Å². The molecule has 0 saturated carbocycles. The van der Waals surface area contributed by atoms with Crippen molar-refractivity contribution in [3.63, 3.8) is 0 Å². The predicted octanol–water partition coefficient (Wildman–Crippen LogP) is 3.02. The molecule has 0 saturated heterocycles. The summed E-state index contributed by atoms with van der Waals surface area (Å²) in [6, 6.07) is 3.48. The average Bonchev–Trinajstić information content (AvgIpc) is 2.25. The van der Waals surface area contributed by atoms with Gasteiger partial charge in [-0.1, -0.05) is 6.92 Å². The van der Waals surface area contributed by atoms with E-state index < -0.39 is 11.6 Å². The largest absolute Gasteiger partial charge is 0.458 e. The van der Waals surface area contributed by atoms with Crippen molar-refractivity contribution in [1.29, 1.82) is 0 Å². The van der Waals surface area contributed by atoms with Crippen molar-refractivity contribution in [2.75, 3.05) is 0 Å². The molecule has 0 amide bonds. The molecule has 84 valence electrons. The van der Waals surface area contributed by atoms with E-state index in [4.69, 9.17) is 4.42 Å². The first-order valence-corrected chi connectivity index (χ1v) is 5.04. The monoisotopic (exact) mass is 224 g/mol. The summed E-state index contributed by atoms with van der Waals surface area (Å²) in [5.41, 5.74) is -0.639. The van der Waals surface area contributed by atoms with Gasteiger partial charge in [0, 0.05) is 12.5 Å². The highest BCUT2D eigenvalue weighted by molar-refractivity contribution is 5.77. The van der Waals surface area contributed by atoms with Crippen LogP contribution in [0.3, 0.4) is 0 Å². The maximum Gasteiger partial charge on any atom is 0.202 e. The maximum atomic E-state index is 13.4. The normalized spacial score (nSPS) is 10.9. The summed E-state index contributed by atoms with van der Waals surface area (Å²) in [4.78, 5) is 11.6. The first-order valence-electron chi connectivity index (χ1n) is 5.04. The van der Waals surface area contributed by atoms with Crippen molar-refractivity contribution in [3.05, 3.63) is 45.8 Å². The highest BCUT2D eigenvalue weighted by atomic mass is 19.2. The molecule has 0 atom stereocenters. The van der Waals surface area contributed by atoms with Gasteiger partial charge in [-0.25, -0.2) is 4.39 Å². The molecule has 2 nitrogen and oxygen atoms in total. The van der Waals surface area contributed by atoms with Gasteiger partial charge in [-0.05, 0) is 18.6 Å². The summed E-state index contributed by atoms with van der Waals surface area (Å²) in [5.74, 6) is -1.73. The van der Waals surface area contributed by atoms with Crippen molar-refractivity contribution in [3.8, 4) is 0 Å². The Balaban J connectivity index is 2.78. The summed E-state index contributed by atoms with van der Waals surface area (Å²) in [6.45, 7) is 1.91. The number of aryl methyl sites for hydroxylation is 1. The lowest BCUT2D eigenvalue weighted by atomic mass is 10.2. The zero-order chi connectivity index (χ0) is 11.7. The molecule has 1 aromatic carbocycles. The second kappa shape index (κ2) is 4.04. The molecule has 0 N–H and O–H groups in total. The van der Waals surface area contributed by atoms with Crippen LogP contribution in [0.2, 0.25) is 0 Å². The second-order valence-corrected chi connectivity index (χ2v) is 3.57. The van der Waals surface area contributed by atoms with Crippen LogP contribution < -0.4 is 5.43 Å². The summed E-state index contributed by atoms with van der Waals surface area (Å²) < 4.78 is 31.5. The predicted molar refractivity (Wildman–Crippen MR) is 56.4 cm³/mol. The molecule has 0 aliphatic heterocycles. The Kier molecular flexibility index (Phi) is 2.73. The van der Waals surface area contributed by atoms with E-state index in [-0.39, 0.29) is 16.4 Å². The Hall–Kier alpha value is -1.71. The molecule has 0 fully saturated rings. The van der Waals surface area contributed by atoms with Crippen LogP contribution in [-0.4, -0.2) is 0 Å². The topological polar surface area (TPSA) is 30.2 Å². The van der Waals surface area contributed by atoms with E-state index in [2.05, 4.69) is 0 Å². The van der Waals surface area contributed by atoms with E-state index in [1.165, 1.54) is 12.1 Å². The van der Waals surface area contributed by atoms with Crippen LogP contribution in [0.25, 0.3) is 11.0 Å². The van der Waals surface area contributed by atoms with E-state index >= 15 is 0 Å². The highest BCUT2D eigenvalue weighted by Crippen LogP contribution is 2.19. The first kappa shape index (κ1) is 10.8. The molecule has 0 aliphatic carbocycles. The molecule has 0 unspecified atom stereocenters. The minimum Gasteiger partial charge on any atom is -0.458 e. The van der Waals surface area contributed by atoms with Crippen LogP contribution in [0.4, 0.5) is 8.78 Å². The third-order valence-electron chi connectivity index (χ3n) is 2.34. The Bertz CT molecular complexity index is 587. The third-order valence-corrected chi connectivity index (χ3v) is 2.34. The van der Waals surface area contributed by atoms with Gasteiger partial charge < -0.3 is 4.42 Å². The molecule has 0 spiro atoms. The number of halogens is 2. The second-order valence-electron chi connectivity index (χ2n) is 3.57. The zero-order valence-electron chi connectivity index (χ0n) is 8.72. The van der Waals surface area contributed by atoms with Gasteiger partial charge in [0.15, 0.2) is 16.8 Å². The van der Waals surface area contributed by atoms with Crippen molar-refractivity contribution in [2.24, 2.45) is 0 Å². The molecule has 1 aromatic heterocycles.